The highest BCUT2D eigenvalue weighted by molar-refractivity contribution is 8.00. The number of fused-ring (bicyclic) bond motifs is 1. The van der Waals surface area contributed by atoms with Crippen LogP contribution >= 0.6 is 11.8 Å². The molecule has 2 fully saturated rings. The van der Waals surface area contributed by atoms with Crippen LogP contribution in [-0.4, -0.2) is 78.6 Å². The van der Waals surface area contributed by atoms with E-state index in [-0.39, 0.29) is 18.0 Å². The molecule has 0 bridgehead atoms. The molecular formula is C20H38N4O2S. The minimum Gasteiger partial charge on any atom is -0.346 e. The fourth-order valence-corrected chi connectivity index (χ4v) is 5.57. The summed E-state index contributed by atoms with van der Waals surface area (Å²) in [7, 11) is 4.10. The zero-order chi connectivity index (χ0) is 19.8. The van der Waals surface area contributed by atoms with E-state index in [9.17, 15) is 9.59 Å². The maximum absolute atomic E-state index is 12.3. The first-order valence-electron chi connectivity index (χ1n) is 10.5. The molecule has 0 saturated carbocycles. The van der Waals surface area contributed by atoms with Crippen LogP contribution in [-0.2, 0) is 4.79 Å². The topological polar surface area (TPSA) is 64.7 Å². The van der Waals surface area contributed by atoms with E-state index in [4.69, 9.17) is 0 Å². The van der Waals surface area contributed by atoms with Gasteiger partial charge in [-0.1, -0.05) is 20.3 Å². The van der Waals surface area contributed by atoms with E-state index >= 15 is 0 Å². The second-order valence-corrected chi connectivity index (χ2v) is 9.82. The Balaban J connectivity index is 1.50. The van der Waals surface area contributed by atoms with Gasteiger partial charge in [0.2, 0.25) is 5.91 Å². The van der Waals surface area contributed by atoms with Gasteiger partial charge in [0.25, 0.3) is 0 Å². The third-order valence-electron chi connectivity index (χ3n) is 5.45. The van der Waals surface area contributed by atoms with Gasteiger partial charge in [-0.3, -0.25) is 4.79 Å². The number of nitrogens with zero attached hydrogens (tertiary/aromatic N) is 2. The summed E-state index contributed by atoms with van der Waals surface area (Å²) in [5.41, 5.74) is 0. The van der Waals surface area contributed by atoms with Crippen molar-refractivity contribution in [1.29, 1.82) is 0 Å². The van der Waals surface area contributed by atoms with Crippen molar-refractivity contribution in [3.63, 3.8) is 0 Å². The molecule has 0 radical (unpaired) electrons. The van der Waals surface area contributed by atoms with Crippen LogP contribution in [0.25, 0.3) is 0 Å². The maximum atomic E-state index is 12.3. The first-order chi connectivity index (χ1) is 12.9. The largest absolute Gasteiger partial charge is 0.346 e. The third-order valence-corrected chi connectivity index (χ3v) is 6.96. The molecule has 2 N–H and O–H groups in total. The van der Waals surface area contributed by atoms with Crippen LogP contribution in [0, 0.1) is 5.92 Å². The van der Waals surface area contributed by atoms with Crippen LogP contribution in [0.1, 0.15) is 52.4 Å². The molecule has 0 unspecified atom stereocenters. The van der Waals surface area contributed by atoms with Crippen molar-refractivity contribution in [3.8, 4) is 0 Å². The summed E-state index contributed by atoms with van der Waals surface area (Å²) in [6.45, 7) is 7.58. The van der Waals surface area contributed by atoms with E-state index in [1.54, 1.807) is 0 Å². The van der Waals surface area contributed by atoms with E-state index in [1.807, 2.05) is 23.7 Å². The summed E-state index contributed by atoms with van der Waals surface area (Å²) in [5.74, 6) is 1.97. The van der Waals surface area contributed by atoms with Gasteiger partial charge < -0.3 is 20.4 Å². The maximum Gasteiger partial charge on any atom is 0.315 e. The molecule has 3 atom stereocenters. The summed E-state index contributed by atoms with van der Waals surface area (Å²) < 4.78 is 0. The molecule has 0 aromatic carbocycles. The highest BCUT2D eigenvalue weighted by Gasteiger charge is 2.42. The number of hydrogen-bond donors (Lipinski definition) is 2. The predicted molar refractivity (Wildman–Crippen MR) is 113 cm³/mol. The number of urea groups is 1. The Hall–Kier alpha value is -0.950. The molecule has 2 heterocycles. The van der Waals surface area contributed by atoms with Crippen LogP contribution < -0.4 is 10.6 Å². The van der Waals surface area contributed by atoms with Crippen LogP contribution in [0.3, 0.4) is 0 Å². The lowest BCUT2D eigenvalue weighted by Crippen LogP contribution is -2.36. The quantitative estimate of drug-likeness (QED) is 0.392. The van der Waals surface area contributed by atoms with E-state index in [0.29, 0.717) is 23.6 Å². The molecule has 156 valence electrons. The average Bonchev–Trinajstić information content (AvgIpc) is 3.14. The molecule has 0 aliphatic carbocycles. The third kappa shape index (κ3) is 7.53. The van der Waals surface area contributed by atoms with Crippen molar-refractivity contribution in [2.24, 2.45) is 5.92 Å². The number of hydrogen-bond acceptors (Lipinski definition) is 4. The minimum absolute atomic E-state index is 0.0255. The standard InChI is InChI=1S/C20H38N4O2S/c1-15(2)13-23(3)11-7-8-12-24(4)18(25)10-6-5-9-17-19-16(14-27-17)21-20(26)22-19/h15-17,19H,5-14H2,1-4H3,(H2,21,22,26)/t16-,17+,19-/m0/s1. The van der Waals surface area contributed by atoms with Gasteiger partial charge in [0.15, 0.2) is 0 Å². The number of carbonyl (C=O) groups excluding carboxylic acids is 2. The lowest BCUT2D eigenvalue weighted by molar-refractivity contribution is -0.130. The van der Waals surface area contributed by atoms with E-state index in [0.717, 1.165) is 57.5 Å². The number of carbonyl (C=O) groups is 2. The van der Waals surface area contributed by atoms with E-state index in [1.165, 1.54) is 0 Å². The zero-order valence-electron chi connectivity index (χ0n) is 17.5. The average molecular weight is 399 g/mol. The lowest BCUT2D eigenvalue weighted by Gasteiger charge is -2.21. The van der Waals surface area contributed by atoms with E-state index < -0.39 is 0 Å². The summed E-state index contributed by atoms with van der Waals surface area (Å²) in [4.78, 5) is 28.0. The second-order valence-electron chi connectivity index (χ2n) is 8.55. The Kier molecular flexibility index (Phi) is 9.22. The van der Waals surface area contributed by atoms with Crippen molar-refractivity contribution in [2.45, 2.75) is 69.7 Å². The Morgan fingerprint density at radius 1 is 1.15 bits per heavy atom. The van der Waals surface area contributed by atoms with Crippen LogP contribution in [0.15, 0.2) is 0 Å². The molecule has 7 heteroatoms. The summed E-state index contributed by atoms with van der Waals surface area (Å²) >= 11 is 1.94. The Morgan fingerprint density at radius 2 is 1.89 bits per heavy atom. The Morgan fingerprint density at radius 3 is 2.63 bits per heavy atom. The highest BCUT2D eigenvalue weighted by atomic mass is 32.2. The molecule has 0 spiro atoms. The second kappa shape index (κ2) is 11.1. The summed E-state index contributed by atoms with van der Waals surface area (Å²) in [6.07, 6.45) is 5.92. The van der Waals surface area contributed by atoms with Crippen molar-refractivity contribution in [1.82, 2.24) is 20.4 Å². The molecule has 0 aromatic heterocycles. The van der Waals surface area contributed by atoms with Gasteiger partial charge in [-0.25, -0.2) is 4.79 Å². The van der Waals surface area contributed by atoms with Gasteiger partial charge in [-0.15, -0.1) is 0 Å². The van der Waals surface area contributed by atoms with Crippen LogP contribution in [0.4, 0.5) is 4.79 Å². The normalized spacial score (nSPS) is 24.2. The molecule has 2 saturated heterocycles. The van der Waals surface area contributed by atoms with Gasteiger partial charge in [-0.2, -0.15) is 11.8 Å². The SMILES string of the molecule is CC(C)CN(C)CCCCN(C)C(=O)CCCC[C@H]1SC[C@@H]2NC(=O)N[C@@H]21. The van der Waals surface area contributed by atoms with Crippen molar-refractivity contribution >= 4 is 23.7 Å². The Labute approximate surface area is 169 Å². The number of amides is 3. The van der Waals surface area contributed by atoms with E-state index in [2.05, 4.69) is 36.4 Å². The van der Waals surface area contributed by atoms with Crippen molar-refractivity contribution in [2.75, 3.05) is 39.5 Å². The van der Waals surface area contributed by atoms with Gasteiger partial charge in [0.1, 0.15) is 0 Å². The van der Waals surface area contributed by atoms with Crippen molar-refractivity contribution < 1.29 is 9.59 Å². The Bertz CT molecular complexity index is 489. The molecule has 2 aliphatic heterocycles. The number of unbranched alkanes of at least 4 members (excludes halogenated alkanes) is 2. The molecule has 2 rings (SSSR count). The molecule has 3 amide bonds. The van der Waals surface area contributed by atoms with Crippen LogP contribution in [0.5, 0.6) is 0 Å². The fourth-order valence-electron chi connectivity index (χ4n) is 4.03. The highest BCUT2D eigenvalue weighted by Crippen LogP contribution is 2.33. The summed E-state index contributed by atoms with van der Waals surface area (Å²) in [5, 5.41) is 6.50. The number of rotatable bonds is 12. The first-order valence-corrected chi connectivity index (χ1v) is 11.5. The molecule has 2 aliphatic rings. The van der Waals surface area contributed by atoms with Gasteiger partial charge in [-0.05, 0) is 45.2 Å². The monoisotopic (exact) mass is 398 g/mol. The number of thioether (sulfide) groups is 1. The minimum atomic E-state index is -0.0255. The van der Waals surface area contributed by atoms with Gasteiger partial charge >= 0.3 is 6.03 Å². The zero-order valence-corrected chi connectivity index (χ0v) is 18.3. The fraction of sp³-hybridized carbons (Fsp3) is 0.900. The molecule has 6 nitrogen and oxygen atoms in total. The molecule has 0 aromatic rings. The summed E-state index contributed by atoms with van der Waals surface area (Å²) in [6, 6.07) is 0.539. The van der Waals surface area contributed by atoms with Gasteiger partial charge in [0, 0.05) is 37.6 Å². The van der Waals surface area contributed by atoms with Crippen LogP contribution in [0.2, 0.25) is 0 Å². The smallest absolute Gasteiger partial charge is 0.315 e. The predicted octanol–water partition coefficient (Wildman–Crippen LogP) is 2.54. The van der Waals surface area contributed by atoms with Crippen molar-refractivity contribution in [3.05, 3.63) is 0 Å². The lowest BCUT2D eigenvalue weighted by atomic mass is 10.0. The first kappa shape index (κ1) is 22.3. The van der Waals surface area contributed by atoms with Gasteiger partial charge in [0.05, 0.1) is 12.1 Å². The molecular weight excluding hydrogens is 360 g/mol. The molecule has 27 heavy (non-hydrogen) atoms. The number of nitrogens with one attached hydrogen (secondary N) is 2.